The van der Waals surface area contributed by atoms with Gasteiger partial charge in [0.25, 0.3) is 0 Å². The van der Waals surface area contributed by atoms with Crippen molar-refractivity contribution in [1.29, 1.82) is 0 Å². The van der Waals surface area contributed by atoms with Crippen molar-refractivity contribution in [1.82, 2.24) is 10.3 Å². The Labute approximate surface area is 133 Å². The molecule has 0 unspecified atom stereocenters. The highest BCUT2D eigenvalue weighted by Crippen LogP contribution is 2.30. The zero-order valence-corrected chi connectivity index (χ0v) is 14.0. The van der Waals surface area contributed by atoms with Crippen LogP contribution in [0.1, 0.15) is 26.3 Å². The Morgan fingerprint density at radius 3 is 2.77 bits per heavy atom. The molecule has 2 aromatic rings. The number of nitrogens with zero attached hydrogens (tertiary/aromatic N) is 1. The second-order valence-electron chi connectivity index (χ2n) is 6.00. The Balaban J connectivity index is 1.86. The maximum atomic E-state index is 11.5. The van der Waals surface area contributed by atoms with Crippen LogP contribution in [0.2, 0.25) is 0 Å². The number of hydrogen-bond acceptors (Lipinski definition) is 6. The summed E-state index contributed by atoms with van der Waals surface area (Å²) >= 11 is 1.42. The van der Waals surface area contributed by atoms with E-state index in [1.807, 2.05) is 39.8 Å². The largest absolute Gasteiger partial charge is 0.490 e. The molecule has 0 saturated carbocycles. The molecule has 3 N–H and O–H groups in total. The van der Waals surface area contributed by atoms with E-state index in [1.54, 1.807) is 0 Å². The molecule has 0 fully saturated rings. The number of nitrogens with one attached hydrogen (secondary N) is 1. The predicted molar refractivity (Wildman–Crippen MR) is 88.5 cm³/mol. The van der Waals surface area contributed by atoms with Crippen LogP contribution in [0.3, 0.4) is 0 Å². The number of hydrogen-bond donors (Lipinski definition) is 2. The first-order chi connectivity index (χ1) is 10.2. The summed E-state index contributed by atoms with van der Waals surface area (Å²) in [6.45, 7) is 8.11. The number of benzene rings is 1. The minimum absolute atomic E-state index is 0.184. The number of fused-ring (bicyclic) bond motifs is 1. The lowest BCUT2D eigenvalue weighted by molar-refractivity contribution is 0.118. The van der Waals surface area contributed by atoms with Gasteiger partial charge in [-0.15, -0.1) is 0 Å². The van der Waals surface area contributed by atoms with Gasteiger partial charge in [-0.25, -0.2) is 9.78 Å². The topological polar surface area (TPSA) is 86.5 Å². The van der Waals surface area contributed by atoms with Crippen molar-refractivity contribution < 1.29 is 14.3 Å². The average Bonchev–Trinajstić information content (AvgIpc) is 2.74. The van der Waals surface area contributed by atoms with Crippen LogP contribution in [-0.2, 0) is 4.74 Å². The first kappa shape index (κ1) is 16.4. The summed E-state index contributed by atoms with van der Waals surface area (Å²) in [5.74, 6) is 0.716. The minimum atomic E-state index is -0.446. The van der Waals surface area contributed by atoms with Crippen LogP contribution >= 0.6 is 11.3 Å². The summed E-state index contributed by atoms with van der Waals surface area (Å²) in [5, 5.41) is 3.26. The van der Waals surface area contributed by atoms with Gasteiger partial charge in [0.15, 0.2) is 5.13 Å². The van der Waals surface area contributed by atoms with Gasteiger partial charge in [0.1, 0.15) is 19.0 Å². The Morgan fingerprint density at radius 1 is 1.36 bits per heavy atom. The third kappa shape index (κ3) is 4.49. The number of aromatic nitrogens is 1. The number of nitrogens with two attached hydrogens (primary N) is 1. The lowest BCUT2D eigenvalue weighted by Gasteiger charge is -2.19. The molecule has 22 heavy (non-hydrogen) atoms. The SMILES string of the molecule is Cc1cc(OCCOC(=O)NC(C)(C)C)cc2sc(N)nc12. The van der Waals surface area contributed by atoms with Gasteiger partial charge in [0, 0.05) is 5.54 Å². The molecule has 0 aliphatic rings. The normalized spacial score (nSPS) is 11.5. The molecular formula is C15H21N3O3S. The lowest BCUT2D eigenvalue weighted by atomic mass is 10.1. The fourth-order valence-electron chi connectivity index (χ4n) is 1.90. The number of nitrogen functional groups attached to an aromatic ring is 1. The smallest absolute Gasteiger partial charge is 0.407 e. The summed E-state index contributed by atoms with van der Waals surface area (Å²) in [5.41, 5.74) is 7.31. The van der Waals surface area contributed by atoms with Crippen molar-refractivity contribution in [3.8, 4) is 5.75 Å². The summed E-state index contributed by atoms with van der Waals surface area (Å²) in [6, 6.07) is 3.79. The van der Waals surface area contributed by atoms with Gasteiger partial charge in [-0.2, -0.15) is 0 Å². The molecule has 1 aromatic carbocycles. The summed E-state index contributed by atoms with van der Waals surface area (Å²) < 4.78 is 11.7. The molecule has 7 heteroatoms. The Kier molecular flexibility index (Phi) is 4.75. The number of rotatable bonds is 4. The van der Waals surface area contributed by atoms with Gasteiger partial charge in [-0.1, -0.05) is 11.3 Å². The maximum Gasteiger partial charge on any atom is 0.407 e. The molecule has 6 nitrogen and oxygen atoms in total. The molecule has 0 aliphatic carbocycles. The second-order valence-corrected chi connectivity index (χ2v) is 7.06. The van der Waals surface area contributed by atoms with E-state index in [-0.39, 0.29) is 18.8 Å². The molecule has 0 radical (unpaired) electrons. The van der Waals surface area contributed by atoms with Crippen molar-refractivity contribution in [2.24, 2.45) is 0 Å². The van der Waals surface area contributed by atoms with E-state index in [2.05, 4.69) is 10.3 Å². The Morgan fingerprint density at radius 2 is 2.09 bits per heavy atom. The number of carbonyl (C=O) groups excluding carboxylic acids is 1. The van der Waals surface area contributed by atoms with E-state index in [9.17, 15) is 4.79 Å². The molecule has 120 valence electrons. The van der Waals surface area contributed by atoms with E-state index in [0.29, 0.717) is 10.9 Å². The fraction of sp³-hybridized carbons (Fsp3) is 0.467. The number of anilines is 1. The number of aryl methyl sites for hydroxylation is 1. The van der Waals surface area contributed by atoms with E-state index < -0.39 is 6.09 Å². The van der Waals surface area contributed by atoms with Crippen LogP contribution in [0.25, 0.3) is 10.2 Å². The van der Waals surface area contributed by atoms with Gasteiger partial charge in [-0.05, 0) is 45.4 Å². The molecule has 0 saturated heterocycles. The van der Waals surface area contributed by atoms with Crippen molar-refractivity contribution in [3.05, 3.63) is 17.7 Å². The van der Waals surface area contributed by atoms with E-state index in [1.165, 1.54) is 11.3 Å². The zero-order valence-electron chi connectivity index (χ0n) is 13.2. The Bertz CT molecular complexity index is 676. The van der Waals surface area contributed by atoms with E-state index in [0.717, 1.165) is 15.8 Å². The minimum Gasteiger partial charge on any atom is -0.490 e. The third-order valence-corrected chi connectivity index (χ3v) is 3.57. The summed E-state index contributed by atoms with van der Waals surface area (Å²) in [4.78, 5) is 15.8. The van der Waals surface area contributed by atoms with Crippen LogP contribution in [-0.4, -0.2) is 29.8 Å². The molecule has 1 aromatic heterocycles. The second kappa shape index (κ2) is 6.39. The molecule has 1 amide bonds. The highest BCUT2D eigenvalue weighted by Gasteiger charge is 2.14. The Hall–Kier alpha value is -2.02. The highest BCUT2D eigenvalue weighted by molar-refractivity contribution is 7.22. The van der Waals surface area contributed by atoms with Crippen molar-refractivity contribution >= 4 is 32.8 Å². The van der Waals surface area contributed by atoms with Crippen LogP contribution in [0.4, 0.5) is 9.93 Å². The van der Waals surface area contributed by atoms with Crippen LogP contribution in [0, 0.1) is 6.92 Å². The summed E-state index contributed by atoms with van der Waals surface area (Å²) in [6.07, 6.45) is -0.446. The molecule has 0 atom stereocenters. The standard InChI is InChI=1S/C15H21N3O3S/c1-9-7-10(8-11-12(9)17-13(16)22-11)20-5-6-21-14(19)18-15(2,3)4/h7-8H,5-6H2,1-4H3,(H2,16,17)(H,18,19). The molecule has 0 spiro atoms. The maximum absolute atomic E-state index is 11.5. The number of carbonyl (C=O) groups is 1. The van der Waals surface area contributed by atoms with Crippen LogP contribution in [0.5, 0.6) is 5.75 Å². The quantitative estimate of drug-likeness (QED) is 0.844. The molecule has 1 heterocycles. The van der Waals surface area contributed by atoms with Gasteiger partial charge >= 0.3 is 6.09 Å². The summed E-state index contributed by atoms with van der Waals surface area (Å²) in [7, 11) is 0. The van der Waals surface area contributed by atoms with Crippen molar-refractivity contribution in [3.63, 3.8) is 0 Å². The first-order valence-electron chi connectivity index (χ1n) is 6.99. The number of ether oxygens (including phenoxy) is 2. The van der Waals surface area contributed by atoms with Crippen molar-refractivity contribution in [2.75, 3.05) is 18.9 Å². The van der Waals surface area contributed by atoms with Crippen molar-refractivity contribution in [2.45, 2.75) is 33.2 Å². The van der Waals surface area contributed by atoms with Gasteiger partial charge in [0.2, 0.25) is 0 Å². The monoisotopic (exact) mass is 323 g/mol. The lowest BCUT2D eigenvalue weighted by Crippen LogP contribution is -2.41. The number of alkyl carbamates (subject to hydrolysis) is 1. The van der Waals surface area contributed by atoms with Crippen LogP contribution < -0.4 is 15.8 Å². The third-order valence-electron chi connectivity index (χ3n) is 2.74. The first-order valence-corrected chi connectivity index (χ1v) is 7.81. The van der Waals surface area contributed by atoms with Gasteiger partial charge in [-0.3, -0.25) is 0 Å². The van der Waals surface area contributed by atoms with E-state index >= 15 is 0 Å². The van der Waals surface area contributed by atoms with E-state index in [4.69, 9.17) is 15.2 Å². The predicted octanol–water partition coefficient (Wildman–Crippen LogP) is 3.09. The molecule has 0 aliphatic heterocycles. The fourth-order valence-corrected chi connectivity index (χ4v) is 2.74. The number of amides is 1. The molecular weight excluding hydrogens is 302 g/mol. The van der Waals surface area contributed by atoms with Gasteiger partial charge in [0.05, 0.1) is 10.2 Å². The van der Waals surface area contributed by atoms with Crippen LogP contribution in [0.15, 0.2) is 12.1 Å². The molecule has 0 bridgehead atoms. The zero-order chi connectivity index (χ0) is 16.3. The average molecular weight is 323 g/mol. The molecule has 2 rings (SSSR count). The highest BCUT2D eigenvalue weighted by atomic mass is 32.1. The number of thiazole rings is 1. The van der Waals surface area contributed by atoms with Gasteiger partial charge < -0.3 is 20.5 Å².